The van der Waals surface area contributed by atoms with Crippen LogP contribution in [-0.4, -0.2) is 24.3 Å². The normalized spacial score (nSPS) is 10.0. The van der Waals surface area contributed by atoms with Crippen molar-refractivity contribution in [3.63, 3.8) is 0 Å². The maximum absolute atomic E-state index is 12.8. The highest BCUT2D eigenvalue weighted by Crippen LogP contribution is 2.25. The zero-order valence-corrected chi connectivity index (χ0v) is 14.1. The fraction of sp³-hybridized carbons (Fsp3) is 0.0625. The lowest BCUT2D eigenvalue weighted by atomic mass is 10.3. The summed E-state index contributed by atoms with van der Waals surface area (Å²) in [5, 5.41) is 7.54. The summed E-state index contributed by atoms with van der Waals surface area (Å²) in [6.45, 7) is -0.446. The molecule has 3 N–H and O–H groups in total. The van der Waals surface area contributed by atoms with Gasteiger partial charge in [-0.2, -0.15) is 0 Å². The molecular formula is C16H12Cl2FN3O3. The van der Waals surface area contributed by atoms with Crippen LogP contribution in [0, 0.1) is 5.82 Å². The van der Waals surface area contributed by atoms with Gasteiger partial charge in [-0.05, 0) is 42.5 Å². The van der Waals surface area contributed by atoms with E-state index in [1.54, 1.807) is 6.07 Å². The zero-order valence-electron chi connectivity index (χ0n) is 12.6. The van der Waals surface area contributed by atoms with E-state index in [4.69, 9.17) is 23.2 Å². The molecule has 9 heteroatoms. The summed E-state index contributed by atoms with van der Waals surface area (Å²) < 4.78 is 12.8. The SMILES string of the molecule is O=C(CNC(=O)C(=O)Nc1ccc(F)cc1)Nc1cc(Cl)ccc1Cl. The second kappa shape index (κ2) is 8.46. The predicted molar refractivity (Wildman–Crippen MR) is 93.1 cm³/mol. The van der Waals surface area contributed by atoms with Crippen LogP contribution in [-0.2, 0) is 14.4 Å². The first-order valence-corrected chi connectivity index (χ1v) is 7.70. The Morgan fingerprint density at radius 2 is 1.60 bits per heavy atom. The lowest BCUT2D eigenvalue weighted by Crippen LogP contribution is -2.39. The van der Waals surface area contributed by atoms with Gasteiger partial charge in [-0.15, -0.1) is 0 Å². The molecule has 0 unspecified atom stereocenters. The van der Waals surface area contributed by atoms with E-state index >= 15 is 0 Å². The number of carbonyl (C=O) groups excluding carboxylic acids is 3. The van der Waals surface area contributed by atoms with Crippen molar-refractivity contribution in [3.8, 4) is 0 Å². The van der Waals surface area contributed by atoms with Crippen LogP contribution in [0.4, 0.5) is 15.8 Å². The molecule has 3 amide bonds. The topological polar surface area (TPSA) is 87.3 Å². The zero-order chi connectivity index (χ0) is 18.4. The number of carbonyl (C=O) groups is 3. The lowest BCUT2D eigenvalue weighted by molar-refractivity contribution is -0.136. The van der Waals surface area contributed by atoms with Gasteiger partial charge in [-0.3, -0.25) is 14.4 Å². The van der Waals surface area contributed by atoms with E-state index < -0.39 is 30.1 Å². The number of hydrogen-bond donors (Lipinski definition) is 3. The standard InChI is InChI=1S/C16H12Cl2FN3O3/c17-9-1-6-12(18)13(7-9)22-14(23)8-20-15(24)16(25)21-11-4-2-10(19)3-5-11/h1-7H,8H2,(H,20,24)(H,21,25)(H,22,23). The maximum Gasteiger partial charge on any atom is 0.313 e. The van der Waals surface area contributed by atoms with E-state index in [0.717, 1.165) is 12.1 Å². The summed E-state index contributed by atoms with van der Waals surface area (Å²) in [7, 11) is 0. The van der Waals surface area contributed by atoms with Crippen LogP contribution in [0.1, 0.15) is 0 Å². The highest BCUT2D eigenvalue weighted by molar-refractivity contribution is 6.40. The van der Waals surface area contributed by atoms with Crippen molar-refractivity contribution >= 4 is 52.3 Å². The van der Waals surface area contributed by atoms with Crippen molar-refractivity contribution in [2.45, 2.75) is 0 Å². The van der Waals surface area contributed by atoms with Gasteiger partial charge in [0.1, 0.15) is 5.82 Å². The Morgan fingerprint density at radius 1 is 0.920 bits per heavy atom. The predicted octanol–water partition coefficient (Wildman–Crippen LogP) is 2.83. The van der Waals surface area contributed by atoms with Gasteiger partial charge in [0.25, 0.3) is 0 Å². The minimum Gasteiger partial charge on any atom is -0.339 e. The third-order valence-electron chi connectivity index (χ3n) is 2.92. The van der Waals surface area contributed by atoms with E-state index in [1.807, 2.05) is 0 Å². The third-order valence-corrected chi connectivity index (χ3v) is 3.49. The number of amides is 3. The molecule has 0 bridgehead atoms. The van der Waals surface area contributed by atoms with Crippen molar-refractivity contribution in [3.05, 3.63) is 58.3 Å². The molecule has 0 atom stereocenters. The molecule has 130 valence electrons. The Balaban J connectivity index is 1.84. The second-order valence-electron chi connectivity index (χ2n) is 4.82. The van der Waals surface area contributed by atoms with Gasteiger partial charge in [-0.25, -0.2) is 4.39 Å². The molecule has 0 aliphatic carbocycles. The molecule has 2 aromatic carbocycles. The number of rotatable bonds is 4. The number of benzene rings is 2. The van der Waals surface area contributed by atoms with Crippen molar-refractivity contribution in [2.24, 2.45) is 0 Å². The van der Waals surface area contributed by atoms with Crippen LogP contribution < -0.4 is 16.0 Å². The smallest absolute Gasteiger partial charge is 0.313 e. The van der Waals surface area contributed by atoms with Crippen molar-refractivity contribution in [1.29, 1.82) is 0 Å². The highest BCUT2D eigenvalue weighted by Gasteiger charge is 2.15. The Bertz CT molecular complexity index is 813. The van der Waals surface area contributed by atoms with Crippen LogP contribution in [0.3, 0.4) is 0 Å². The molecule has 2 aromatic rings. The Kier molecular flexibility index (Phi) is 6.32. The molecular weight excluding hydrogens is 372 g/mol. The van der Waals surface area contributed by atoms with E-state index in [-0.39, 0.29) is 16.4 Å². The second-order valence-corrected chi connectivity index (χ2v) is 5.66. The van der Waals surface area contributed by atoms with Crippen LogP contribution >= 0.6 is 23.2 Å². The van der Waals surface area contributed by atoms with E-state index in [1.165, 1.54) is 24.3 Å². The van der Waals surface area contributed by atoms with E-state index in [2.05, 4.69) is 16.0 Å². The molecule has 0 saturated carbocycles. The van der Waals surface area contributed by atoms with Crippen molar-refractivity contribution < 1.29 is 18.8 Å². The molecule has 6 nitrogen and oxygen atoms in total. The quantitative estimate of drug-likeness (QED) is 0.709. The van der Waals surface area contributed by atoms with Gasteiger partial charge < -0.3 is 16.0 Å². The third kappa shape index (κ3) is 5.74. The maximum atomic E-state index is 12.8. The summed E-state index contributed by atoms with van der Waals surface area (Å²) in [6.07, 6.45) is 0. The van der Waals surface area contributed by atoms with E-state index in [9.17, 15) is 18.8 Å². The summed E-state index contributed by atoms with van der Waals surface area (Å²) in [6, 6.07) is 9.38. The molecule has 2 rings (SSSR count). The van der Waals surface area contributed by atoms with Crippen LogP contribution in [0.25, 0.3) is 0 Å². The molecule has 0 heterocycles. The summed E-state index contributed by atoms with van der Waals surface area (Å²) in [5.41, 5.74) is 0.529. The Labute approximate surface area is 152 Å². The van der Waals surface area contributed by atoms with E-state index in [0.29, 0.717) is 5.02 Å². The number of nitrogens with one attached hydrogen (secondary N) is 3. The van der Waals surface area contributed by atoms with Gasteiger partial charge in [-0.1, -0.05) is 23.2 Å². The number of anilines is 2. The average Bonchev–Trinajstić information content (AvgIpc) is 2.58. The van der Waals surface area contributed by atoms with Gasteiger partial charge in [0, 0.05) is 10.7 Å². The number of halogens is 3. The summed E-state index contributed by atoms with van der Waals surface area (Å²) in [4.78, 5) is 35.1. The number of hydrogen-bond acceptors (Lipinski definition) is 3. The Hall–Kier alpha value is -2.64. The van der Waals surface area contributed by atoms with Gasteiger partial charge in [0.05, 0.1) is 17.3 Å². The lowest BCUT2D eigenvalue weighted by Gasteiger charge is -2.09. The van der Waals surface area contributed by atoms with Crippen LogP contribution in [0.5, 0.6) is 0 Å². The summed E-state index contributed by atoms with van der Waals surface area (Å²) in [5.74, 6) is -3.07. The van der Waals surface area contributed by atoms with Gasteiger partial charge >= 0.3 is 11.8 Å². The van der Waals surface area contributed by atoms with Crippen LogP contribution in [0.15, 0.2) is 42.5 Å². The first kappa shape index (κ1) is 18.7. The van der Waals surface area contributed by atoms with Gasteiger partial charge in [0.2, 0.25) is 5.91 Å². The molecule has 0 radical (unpaired) electrons. The van der Waals surface area contributed by atoms with Crippen molar-refractivity contribution in [2.75, 3.05) is 17.2 Å². The minimum atomic E-state index is -1.02. The molecule has 0 spiro atoms. The fourth-order valence-corrected chi connectivity index (χ4v) is 2.09. The fourth-order valence-electron chi connectivity index (χ4n) is 1.75. The average molecular weight is 384 g/mol. The summed E-state index contributed by atoms with van der Waals surface area (Å²) >= 11 is 11.7. The minimum absolute atomic E-state index is 0.247. The first-order valence-electron chi connectivity index (χ1n) is 6.95. The molecule has 0 aromatic heterocycles. The molecule has 0 aliphatic rings. The molecule has 25 heavy (non-hydrogen) atoms. The molecule has 0 aliphatic heterocycles. The Morgan fingerprint density at radius 3 is 2.28 bits per heavy atom. The largest absolute Gasteiger partial charge is 0.339 e. The highest BCUT2D eigenvalue weighted by atomic mass is 35.5. The van der Waals surface area contributed by atoms with Crippen LogP contribution in [0.2, 0.25) is 10.0 Å². The molecule has 0 saturated heterocycles. The first-order chi connectivity index (χ1) is 11.8. The molecule has 0 fully saturated rings. The van der Waals surface area contributed by atoms with Crippen molar-refractivity contribution in [1.82, 2.24) is 5.32 Å². The van der Waals surface area contributed by atoms with Gasteiger partial charge in [0.15, 0.2) is 0 Å². The monoisotopic (exact) mass is 383 g/mol.